The van der Waals surface area contributed by atoms with Crippen molar-refractivity contribution in [1.82, 2.24) is 9.80 Å². The molecule has 0 unspecified atom stereocenters. The van der Waals surface area contributed by atoms with Gasteiger partial charge in [0.15, 0.2) is 0 Å². The van der Waals surface area contributed by atoms with Crippen LogP contribution in [0.2, 0.25) is 0 Å². The average Bonchev–Trinajstić information content (AvgIpc) is 2.84. The van der Waals surface area contributed by atoms with Gasteiger partial charge in [0.05, 0.1) is 5.92 Å². The Hall–Kier alpha value is -2.17. The number of likely N-dealkylation sites (tertiary alicyclic amines) is 2. The topological polar surface area (TPSA) is 57.7 Å². The van der Waals surface area contributed by atoms with E-state index in [9.17, 15) is 14.4 Å². The van der Waals surface area contributed by atoms with Gasteiger partial charge in [0.25, 0.3) is 0 Å². The van der Waals surface area contributed by atoms with Crippen molar-refractivity contribution < 1.29 is 14.4 Å². The second-order valence-corrected chi connectivity index (χ2v) is 5.93. The summed E-state index contributed by atoms with van der Waals surface area (Å²) in [4.78, 5) is 39.8. The van der Waals surface area contributed by atoms with E-state index in [-0.39, 0.29) is 30.7 Å². The third-order valence-electron chi connectivity index (χ3n) is 4.45. The lowest BCUT2D eigenvalue weighted by molar-refractivity contribution is -0.146. The second-order valence-electron chi connectivity index (χ2n) is 5.93. The van der Waals surface area contributed by atoms with E-state index in [0.717, 1.165) is 42.8 Å². The summed E-state index contributed by atoms with van der Waals surface area (Å²) in [6.07, 6.45) is 3.30. The molecule has 0 radical (unpaired) electrons. The van der Waals surface area contributed by atoms with Gasteiger partial charge in [-0.25, -0.2) is 0 Å². The van der Waals surface area contributed by atoms with Gasteiger partial charge < -0.3 is 4.90 Å². The summed E-state index contributed by atoms with van der Waals surface area (Å²) in [5.74, 6) is -1.05. The first kappa shape index (κ1) is 14.8. The molecule has 3 amide bonds. The van der Waals surface area contributed by atoms with E-state index in [1.165, 1.54) is 0 Å². The SMILES string of the molecule is O=C(CN1C(=O)C[C@@H](c2ccccc2)C1=O)N1CCCCC1. The number of carbonyl (C=O) groups excluding carboxylic acids is 3. The van der Waals surface area contributed by atoms with Gasteiger partial charge in [-0.1, -0.05) is 30.3 Å². The van der Waals surface area contributed by atoms with Gasteiger partial charge in [0, 0.05) is 19.5 Å². The minimum absolute atomic E-state index is 0.110. The van der Waals surface area contributed by atoms with Crippen LogP contribution in [0.5, 0.6) is 0 Å². The van der Waals surface area contributed by atoms with Crippen LogP contribution in [-0.4, -0.2) is 47.2 Å². The molecular formula is C17H20N2O3. The van der Waals surface area contributed by atoms with Crippen LogP contribution < -0.4 is 0 Å². The molecule has 0 N–H and O–H groups in total. The molecule has 0 saturated carbocycles. The maximum atomic E-state index is 12.5. The Kier molecular flexibility index (Phi) is 4.22. The van der Waals surface area contributed by atoms with E-state index in [0.29, 0.717) is 0 Å². The Bertz CT molecular complexity index is 579. The minimum atomic E-state index is -0.442. The molecule has 1 aromatic carbocycles. The first-order chi connectivity index (χ1) is 10.7. The first-order valence-electron chi connectivity index (χ1n) is 7.84. The second kappa shape index (κ2) is 6.30. The molecule has 1 aromatic rings. The Labute approximate surface area is 129 Å². The van der Waals surface area contributed by atoms with Crippen molar-refractivity contribution in [1.29, 1.82) is 0 Å². The summed E-state index contributed by atoms with van der Waals surface area (Å²) in [5, 5.41) is 0. The number of nitrogens with zero attached hydrogens (tertiary/aromatic N) is 2. The molecule has 116 valence electrons. The van der Waals surface area contributed by atoms with Crippen LogP contribution in [0, 0.1) is 0 Å². The fourth-order valence-electron chi connectivity index (χ4n) is 3.17. The minimum Gasteiger partial charge on any atom is -0.341 e. The Morgan fingerprint density at radius 2 is 1.73 bits per heavy atom. The molecule has 0 bridgehead atoms. The largest absolute Gasteiger partial charge is 0.341 e. The number of benzene rings is 1. The normalized spacial score (nSPS) is 22.3. The van der Waals surface area contributed by atoms with Crippen LogP contribution in [0.4, 0.5) is 0 Å². The zero-order chi connectivity index (χ0) is 15.5. The van der Waals surface area contributed by atoms with E-state index in [4.69, 9.17) is 0 Å². The van der Waals surface area contributed by atoms with Crippen molar-refractivity contribution in [2.75, 3.05) is 19.6 Å². The zero-order valence-electron chi connectivity index (χ0n) is 12.5. The molecule has 2 saturated heterocycles. The highest BCUT2D eigenvalue weighted by Gasteiger charge is 2.40. The molecule has 1 atom stereocenters. The van der Waals surface area contributed by atoms with Gasteiger partial charge >= 0.3 is 0 Å². The molecule has 2 heterocycles. The van der Waals surface area contributed by atoms with Crippen molar-refractivity contribution >= 4 is 17.7 Å². The van der Waals surface area contributed by atoms with Crippen molar-refractivity contribution in [2.24, 2.45) is 0 Å². The lowest BCUT2D eigenvalue weighted by atomic mass is 9.98. The number of hydrogen-bond donors (Lipinski definition) is 0. The molecule has 0 aliphatic carbocycles. The van der Waals surface area contributed by atoms with Gasteiger partial charge in [0.2, 0.25) is 17.7 Å². The Balaban J connectivity index is 1.68. The average molecular weight is 300 g/mol. The molecular weight excluding hydrogens is 280 g/mol. The van der Waals surface area contributed by atoms with Crippen molar-refractivity contribution in [3.8, 4) is 0 Å². The number of hydrogen-bond acceptors (Lipinski definition) is 3. The van der Waals surface area contributed by atoms with Crippen molar-refractivity contribution in [3.05, 3.63) is 35.9 Å². The highest BCUT2D eigenvalue weighted by atomic mass is 16.2. The summed E-state index contributed by atoms with van der Waals surface area (Å²) in [6.45, 7) is 1.36. The molecule has 22 heavy (non-hydrogen) atoms. The third kappa shape index (κ3) is 2.89. The van der Waals surface area contributed by atoms with Crippen LogP contribution in [0.1, 0.15) is 37.2 Å². The van der Waals surface area contributed by atoms with Gasteiger partial charge in [-0.05, 0) is 24.8 Å². The number of piperidine rings is 1. The molecule has 0 aromatic heterocycles. The summed E-state index contributed by atoms with van der Waals surface area (Å²) < 4.78 is 0. The number of rotatable bonds is 3. The van der Waals surface area contributed by atoms with Crippen LogP contribution in [0.15, 0.2) is 30.3 Å². The van der Waals surface area contributed by atoms with Gasteiger partial charge in [-0.3, -0.25) is 19.3 Å². The summed E-state index contributed by atoms with van der Waals surface area (Å²) in [5.41, 5.74) is 0.841. The lowest BCUT2D eigenvalue weighted by Gasteiger charge is -2.28. The Morgan fingerprint density at radius 3 is 2.41 bits per heavy atom. The van der Waals surface area contributed by atoms with E-state index in [1.807, 2.05) is 30.3 Å². The number of carbonyl (C=O) groups is 3. The maximum Gasteiger partial charge on any atom is 0.242 e. The third-order valence-corrected chi connectivity index (χ3v) is 4.45. The van der Waals surface area contributed by atoms with Crippen LogP contribution >= 0.6 is 0 Å². The fourth-order valence-corrected chi connectivity index (χ4v) is 3.17. The van der Waals surface area contributed by atoms with Crippen LogP contribution in [0.25, 0.3) is 0 Å². The quantitative estimate of drug-likeness (QED) is 0.796. The molecule has 5 heteroatoms. The summed E-state index contributed by atoms with van der Waals surface area (Å²) in [7, 11) is 0. The summed E-state index contributed by atoms with van der Waals surface area (Å²) in [6, 6.07) is 9.29. The molecule has 3 rings (SSSR count). The molecule has 5 nitrogen and oxygen atoms in total. The lowest BCUT2D eigenvalue weighted by Crippen LogP contribution is -2.44. The van der Waals surface area contributed by atoms with Crippen molar-refractivity contribution in [3.63, 3.8) is 0 Å². The number of imide groups is 1. The highest BCUT2D eigenvalue weighted by molar-refractivity contribution is 6.08. The predicted molar refractivity (Wildman–Crippen MR) is 81.0 cm³/mol. The first-order valence-corrected chi connectivity index (χ1v) is 7.84. The van der Waals surface area contributed by atoms with Gasteiger partial charge in [-0.15, -0.1) is 0 Å². The number of amides is 3. The molecule has 0 spiro atoms. The van der Waals surface area contributed by atoms with E-state index in [2.05, 4.69) is 0 Å². The van der Waals surface area contributed by atoms with Crippen molar-refractivity contribution in [2.45, 2.75) is 31.6 Å². The monoisotopic (exact) mass is 300 g/mol. The molecule has 2 aliphatic heterocycles. The smallest absolute Gasteiger partial charge is 0.242 e. The molecule has 2 fully saturated rings. The summed E-state index contributed by atoms with van der Waals surface area (Å²) >= 11 is 0. The van der Waals surface area contributed by atoms with Gasteiger partial charge in [0.1, 0.15) is 6.54 Å². The van der Waals surface area contributed by atoms with Gasteiger partial charge in [-0.2, -0.15) is 0 Å². The zero-order valence-corrected chi connectivity index (χ0v) is 12.5. The van der Waals surface area contributed by atoms with E-state index < -0.39 is 5.92 Å². The van der Waals surface area contributed by atoms with E-state index in [1.54, 1.807) is 4.90 Å². The molecule has 2 aliphatic rings. The fraction of sp³-hybridized carbons (Fsp3) is 0.471. The Morgan fingerprint density at radius 1 is 1.05 bits per heavy atom. The predicted octanol–water partition coefficient (Wildman–Crippen LogP) is 1.54. The highest BCUT2D eigenvalue weighted by Crippen LogP contribution is 2.29. The van der Waals surface area contributed by atoms with Crippen LogP contribution in [0.3, 0.4) is 0 Å². The van der Waals surface area contributed by atoms with Crippen LogP contribution in [-0.2, 0) is 14.4 Å². The van der Waals surface area contributed by atoms with E-state index >= 15 is 0 Å². The maximum absolute atomic E-state index is 12.5. The standard InChI is InChI=1S/C17H20N2O3/c20-15-11-14(13-7-3-1-4-8-13)17(22)19(15)12-16(21)18-9-5-2-6-10-18/h1,3-4,7-8,14H,2,5-6,9-12H2/t14-/m0/s1.